The monoisotopic (exact) mass is 281 g/mol. The van der Waals surface area contributed by atoms with E-state index in [1.165, 1.54) is 0 Å². The maximum Gasteiger partial charge on any atom is 0.254 e. The van der Waals surface area contributed by atoms with Crippen molar-refractivity contribution in [1.29, 1.82) is 0 Å². The van der Waals surface area contributed by atoms with Gasteiger partial charge in [-0.2, -0.15) is 0 Å². The number of carbonyl (C=O) groups excluding carboxylic acids is 1. The molecule has 20 heavy (non-hydrogen) atoms. The lowest BCUT2D eigenvalue weighted by molar-refractivity contribution is -0.0494. The highest BCUT2D eigenvalue weighted by molar-refractivity contribution is 5.96. The molecule has 1 aromatic rings. The highest BCUT2D eigenvalue weighted by atomic mass is 19.3. The molecule has 0 spiro atoms. The molecule has 1 aliphatic rings. The lowest BCUT2D eigenvalue weighted by atomic mass is 9.96. The summed E-state index contributed by atoms with van der Waals surface area (Å²) >= 11 is 0. The van der Waals surface area contributed by atoms with Crippen LogP contribution in [0.1, 0.15) is 54.1 Å². The Labute approximate surface area is 118 Å². The Morgan fingerprint density at radius 3 is 2.40 bits per heavy atom. The van der Waals surface area contributed by atoms with Crippen molar-refractivity contribution < 1.29 is 13.6 Å². The molecule has 0 radical (unpaired) electrons. The second-order valence-electron chi connectivity index (χ2n) is 5.88. The van der Waals surface area contributed by atoms with E-state index in [1.54, 1.807) is 4.90 Å². The van der Waals surface area contributed by atoms with Crippen LogP contribution in [0.15, 0.2) is 18.2 Å². The lowest BCUT2D eigenvalue weighted by Crippen LogP contribution is -2.42. The van der Waals surface area contributed by atoms with Crippen molar-refractivity contribution in [3.63, 3.8) is 0 Å². The van der Waals surface area contributed by atoms with Crippen molar-refractivity contribution in [3.8, 4) is 0 Å². The van der Waals surface area contributed by atoms with Crippen LogP contribution < -0.4 is 0 Å². The van der Waals surface area contributed by atoms with E-state index < -0.39 is 5.92 Å². The van der Waals surface area contributed by atoms with Crippen molar-refractivity contribution in [2.75, 3.05) is 13.1 Å². The highest BCUT2D eigenvalue weighted by Gasteiger charge is 2.36. The summed E-state index contributed by atoms with van der Waals surface area (Å²) in [6, 6.07) is 5.84. The molecule has 0 aliphatic carbocycles. The molecule has 0 unspecified atom stereocenters. The minimum atomic E-state index is -2.62. The molecule has 1 fully saturated rings. The molecule has 0 bridgehead atoms. The second kappa shape index (κ2) is 5.51. The van der Waals surface area contributed by atoms with Crippen LogP contribution in [0.25, 0.3) is 0 Å². The molecule has 0 N–H and O–H groups in total. The van der Waals surface area contributed by atoms with E-state index in [-0.39, 0.29) is 31.8 Å². The number of hydrogen-bond donors (Lipinski definition) is 0. The average molecular weight is 281 g/mol. The molecule has 4 heteroatoms. The van der Waals surface area contributed by atoms with E-state index in [9.17, 15) is 13.6 Å². The Balaban J connectivity index is 2.19. The van der Waals surface area contributed by atoms with E-state index in [2.05, 4.69) is 13.8 Å². The molecule has 0 saturated carbocycles. The van der Waals surface area contributed by atoms with Gasteiger partial charge < -0.3 is 4.90 Å². The summed E-state index contributed by atoms with van der Waals surface area (Å²) in [6.07, 6.45) is -0.469. The zero-order valence-corrected chi connectivity index (χ0v) is 12.2. The molecule has 1 aromatic carbocycles. The molecule has 0 aromatic heterocycles. The van der Waals surface area contributed by atoms with Crippen LogP contribution in [0.3, 0.4) is 0 Å². The number of carbonyl (C=O) groups is 1. The smallest absolute Gasteiger partial charge is 0.254 e. The van der Waals surface area contributed by atoms with Gasteiger partial charge in [0.2, 0.25) is 0 Å². The maximum absolute atomic E-state index is 13.2. The highest BCUT2D eigenvalue weighted by Crippen LogP contribution is 2.29. The first-order valence-corrected chi connectivity index (χ1v) is 7.08. The Kier molecular flexibility index (Phi) is 4.11. The maximum atomic E-state index is 13.2. The van der Waals surface area contributed by atoms with E-state index in [0.717, 1.165) is 11.1 Å². The first-order valence-electron chi connectivity index (χ1n) is 7.08. The largest absolute Gasteiger partial charge is 0.338 e. The van der Waals surface area contributed by atoms with Gasteiger partial charge >= 0.3 is 0 Å². The third-order valence-corrected chi connectivity index (χ3v) is 3.94. The van der Waals surface area contributed by atoms with Gasteiger partial charge in [0.15, 0.2) is 0 Å². The number of rotatable bonds is 2. The molecule has 1 saturated heterocycles. The minimum absolute atomic E-state index is 0.125. The predicted molar refractivity (Wildman–Crippen MR) is 75.4 cm³/mol. The molecular weight excluding hydrogens is 260 g/mol. The van der Waals surface area contributed by atoms with Crippen molar-refractivity contribution in [3.05, 3.63) is 34.9 Å². The summed E-state index contributed by atoms with van der Waals surface area (Å²) < 4.78 is 26.3. The molecule has 2 nitrogen and oxygen atoms in total. The van der Waals surface area contributed by atoms with Gasteiger partial charge in [0.1, 0.15) is 0 Å². The number of aryl methyl sites for hydroxylation is 1. The Hall–Kier alpha value is -1.45. The van der Waals surface area contributed by atoms with E-state index in [4.69, 9.17) is 0 Å². The van der Waals surface area contributed by atoms with Gasteiger partial charge in [-0.05, 0) is 30.0 Å². The first-order chi connectivity index (χ1) is 9.30. The van der Waals surface area contributed by atoms with Crippen LogP contribution >= 0.6 is 0 Å². The molecule has 0 atom stereocenters. The SMILES string of the molecule is Cc1ccc(C(C)C)cc1C(=O)N1CCC(F)(F)CC1. The fourth-order valence-electron chi connectivity index (χ4n) is 2.44. The van der Waals surface area contributed by atoms with Gasteiger partial charge in [-0.15, -0.1) is 0 Å². The Morgan fingerprint density at radius 1 is 1.25 bits per heavy atom. The number of nitrogens with zero attached hydrogens (tertiary/aromatic N) is 1. The summed E-state index contributed by atoms with van der Waals surface area (Å²) in [5.74, 6) is -2.40. The van der Waals surface area contributed by atoms with Crippen molar-refractivity contribution >= 4 is 5.91 Å². The molecular formula is C16H21F2NO. The van der Waals surface area contributed by atoms with Crippen molar-refractivity contribution in [2.24, 2.45) is 0 Å². The van der Waals surface area contributed by atoms with E-state index >= 15 is 0 Å². The van der Waals surface area contributed by atoms with Crippen LogP contribution in [0.5, 0.6) is 0 Å². The van der Waals surface area contributed by atoms with Crippen LogP contribution in [0, 0.1) is 6.92 Å². The van der Waals surface area contributed by atoms with Gasteiger partial charge in [-0.25, -0.2) is 8.78 Å². The van der Waals surface area contributed by atoms with E-state index in [1.807, 2.05) is 25.1 Å². The Morgan fingerprint density at radius 2 is 1.85 bits per heavy atom. The fourth-order valence-corrected chi connectivity index (χ4v) is 2.44. The van der Waals surface area contributed by atoms with Crippen LogP contribution in [-0.4, -0.2) is 29.8 Å². The normalized spacial score (nSPS) is 18.4. The molecule has 1 heterocycles. The van der Waals surface area contributed by atoms with Crippen molar-refractivity contribution in [2.45, 2.75) is 45.5 Å². The molecule has 2 rings (SSSR count). The zero-order chi connectivity index (χ0) is 14.9. The standard InChI is InChI=1S/C16H21F2NO/c1-11(2)13-5-4-12(3)14(10-13)15(20)19-8-6-16(17,18)7-9-19/h4-5,10-11H,6-9H2,1-3H3. The average Bonchev–Trinajstić information content (AvgIpc) is 2.38. The lowest BCUT2D eigenvalue weighted by Gasteiger charge is -2.32. The fraction of sp³-hybridized carbons (Fsp3) is 0.562. The molecule has 110 valence electrons. The Bertz CT molecular complexity index is 501. The predicted octanol–water partition coefficient (Wildman–Crippen LogP) is 3.99. The summed E-state index contributed by atoms with van der Waals surface area (Å²) in [5, 5.41) is 0. The second-order valence-corrected chi connectivity index (χ2v) is 5.88. The summed E-state index contributed by atoms with van der Waals surface area (Å²) in [5.41, 5.74) is 2.64. The summed E-state index contributed by atoms with van der Waals surface area (Å²) in [7, 11) is 0. The van der Waals surface area contributed by atoms with Gasteiger partial charge in [0.25, 0.3) is 11.8 Å². The van der Waals surface area contributed by atoms with E-state index in [0.29, 0.717) is 11.5 Å². The number of likely N-dealkylation sites (tertiary alicyclic amines) is 1. The number of benzene rings is 1. The quantitative estimate of drug-likeness (QED) is 0.802. The summed E-state index contributed by atoms with van der Waals surface area (Å²) in [6.45, 7) is 6.30. The number of piperidine rings is 1. The molecule has 1 amide bonds. The van der Waals surface area contributed by atoms with Gasteiger partial charge in [-0.1, -0.05) is 26.0 Å². The summed E-state index contributed by atoms with van der Waals surface area (Å²) in [4.78, 5) is 14.0. The third kappa shape index (κ3) is 3.17. The molecule has 1 aliphatic heterocycles. The minimum Gasteiger partial charge on any atom is -0.338 e. The third-order valence-electron chi connectivity index (χ3n) is 3.94. The van der Waals surface area contributed by atoms with Crippen LogP contribution in [-0.2, 0) is 0 Å². The zero-order valence-electron chi connectivity index (χ0n) is 12.2. The topological polar surface area (TPSA) is 20.3 Å². The van der Waals surface area contributed by atoms with Gasteiger partial charge in [0, 0.05) is 31.5 Å². The van der Waals surface area contributed by atoms with Crippen molar-refractivity contribution in [1.82, 2.24) is 4.90 Å². The number of alkyl halides is 2. The number of hydrogen-bond acceptors (Lipinski definition) is 1. The first kappa shape index (κ1) is 14.9. The van der Waals surface area contributed by atoms with Gasteiger partial charge in [-0.3, -0.25) is 4.79 Å². The van der Waals surface area contributed by atoms with Crippen LogP contribution in [0.2, 0.25) is 0 Å². The van der Waals surface area contributed by atoms with Crippen LogP contribution in [0.4, 0.5) is 8.78 Å². The number of halogens is 2. The number of amides is 1. The van der Waals surface area contributed by atoms with Gasteiger partial charge in [0.05, 0.1) is 0 Å².